The van der Waals surface area contributed by atoms with Gasteiger partial charge >= 0.3 is 0 Å². The van der Waals surface area contributed by atoms with Crippen molar-refractivity contribution >= 4 is 16.9 Å². The molecule has 0 bridgehead atoms. The molecule has 0 N–H and O–H groups in total. The number of aryl methyl sites for hydroxylation is 1. The molecular weight excluding hydrogens is 296 g/mol. The summed E-state index contributed by atoms with van der Waals surface area (Å²) in [6.45, 7) is 1.98. The van der Waals surface area contributed by atoms with E-state index in [1.165, 1.54) is 0 Å². The van der Waals surface area contributed by atoms with Crippen LogP contribution in [0.15, 0.2) is 64.2 Å². The van der Waals surface area contributed by atoms with Crippen LogP contribution in [0.3, 0.4) is 0 Å². The van der Waals surface area contributed by atoms with Crippen LogP contribution in [-0.2, 0) is 6.42 Å². The van der Waals surface area contributed by atoms with Crippen LogP contribution in [0.4, 0.5) is 0 Å². The molecule has 5 heteroatoms. The molecule has 0 saturated carbocycles. The second-order valence-corrected chi connectivity index (χ2v) is 5.80. The fraction of sp³-hybridized carbons (Fsp3) is 0.118. The van der Waals surface area contributed by atoms with Crippen LogP contribution in [0, 0.1) is 6.92 Å². The Hall–Kier alpha value is -2.40. The Balaban J connectivity index is 1.66. The Morgan fingerprint density at radius 1 is 1.05 bits per heavy atom. The number of carbonyl (C=O) groups is 1. The van der Waals surface area contributed by atoms with E-state index in [4.69, 9.17) is 4.42 Å². The quantitative estimate of drug-likeness (QED) is 0.684. The van der Waals surface area contributed by atoms with Crippen LogP contribution >= 0.6 is 11.8 Å². The smallest absolute Gasteiger partial charge is 0.284 e. The predicted octanol–water partition coefficient (Wildman–Crippen LogP) is 3.90. The van der Waals surface area contributed by atoms with Gasteiger partial charge in [-0.2, -0.15) is 0 Å². The van der Waals surface area contributed by atoms with Crippen molar-refractivity contribution in [2.45, 2.75) is 18.6 Å². The minimum atomic E-state index is -0.102. The number of benzene rings is 2. The van der Waals surface area contributed by atoms with Crippen molar-refractivity contribution in [2.75, 3.05) is 0 Å². The van der Waals surface area contributed by atoms with E-state index in [0.29, 0.717) is 17.9 Å². The first kappa shape index (κ1) is 14.5. The van der Waals surface area contributed by atoms with Crippen LogP contribution in [-0.4, -0.2) is 15.3 Å². The van der Waals surface area contributed by atoms with Crippen molar-refractivity contribution in [2.24, 2.45) is 0 Å². The van der Waals surface area contributed by atoms with E-state index in [1.807, 2.05) is 49.4 Å². The van der Waals surface area contributed by atoms with Crippen molar-refractivity contribution in [3.05, 3.63) is 77.2 Å². The van der Waals surface area contributed by atoms with Gasteiger partial charge in [-0.05, 0) is 12.5 Å². The molecule has 22 heavy (non-hydrogen) atoms. The summed E-state index contributed by atoms with van der Waals surface area (Å²) in [6.07, 6.45) is 0.563. The van der Waals surface area contributed by atoms with Gasteiger partial charge in [0, 0.05) is 17.3 Å². The number of hydrogen-bond acceptors (Lipinski definition) is 5. The zero-order valence-electron chi connectivity index (χ0n) is 12.0. The third-order valence-corrected chi connectivity index (χ3v) is 3.87. The van der Waals surface area contributed by atoms with Gasteiger partial charge in [-0.25, -0.2) is 0 Å². The van der Waals surface area contributed by atoms with Gasteiger partial charge in [0.1, 0.15) is 0 Å². The summed E-state index contributed by atoms with van der Waals surface area (Å²) in [7, 11) is 0. The molecule has 0 spiro atoms. The average Bonchev–Trinajstić information content (AvgIpc) is 2.96. The van der Waals surface area contributed by atoms with Crippen LogP contribution in [0.25, 0.3) is 0 Å². The molecule has 3 aromatic rings. The van der Waals surface area contributed by atoms with Gasteiger partial charge in [-0.1, -0.05) is 60.2 Å². The van der Waals surface area contributed by atoms with Gasteiger partial charge in [0.2, 0.25) is 11.0 Å². The maximum absolute atomic E-state index is 12.1. The van der Waals surface area contributed by atoms with Crippen molar-refractivity contribution in [3.8, 4) is 0 Å². The molecule has 4 nitrogen and oxygen atoms in total. The highest BCUT2D eigenvalue weighted by molar-refractivity contribution is 8.14. The largest absolute Gasteiger partial charge is 0.415 e. The molecule has 0 radical (unpaired) electrons. The second-order valence-electron chi connectivity index (χ2n) is 4.88. The van der Waals surface area contributed by atoms with Crippen molar-refractivity contribution in [3.63, 3.8) is 0 Å². The predicted molar refractivity (Wildman–Crippen MR) is 84.9 cm³/mol. The lowest BCUT2D eigenvalue weighted by Gasteiger charge is -1.98. The zero-order valence-corrected chi connectivity index (χ0v) is 12.8. The highest BCUT2D eigenvalue weighted by Gasteiger charge is 2.14. The number of thioether (sulfide) groups is 1. The normalized spacial score (nSPS) is 10.6. The minimum absolute atomic E-state index is 0.102. The summed E-state index contributed by atoms with van der Waals surface area (Å²) >= 11 is 0.955. The van der Waals surface area contributed by atoms with Gasteiger partial charge in [-0.3, -0.25) is 4.79 Å². The molecule has 3 rings (SSSR count). The van der Waals surface area contributed by atoms with Crippen molar-refractivity contribution < 1.29 is 9.21 Å². The highest BCUT2D eigenvalue weighted by Crippen LogP contribution is 2.22. The number of carbonyl (C=O) groups excluding carboxylic acids is 1. The molecule has 2 aromatic carbocycles. The first-order valence-corrected chi connectivity index (χ1v) is 7.67. The Bertz CT molecular complexity index is 767. The first-order valence-electron chi connectivity index (χ1n) is 6.86. The van der Waals surface area contributed by atoms with Crippen LogP contribution in [0.5, 0.6) is 0 Å². The molecule has 0 saturated heterocycles. The van der Waals surface area contributed by atoms with Crippen LogP contribution in [0.2, 0.25) is 0 Å². The Labute approximate surface area is 132 Å². The molecule has 0 atom stereocenters. The Morgan fingerprint density at radius 3 is 2.50 bits per heavy atom. The third-order valence-electron chi connectivity index (χ3n) is 3.11. The summed E-state index contributed by atoms with van der Waals surface area (Å²) in [5.41, 5.74) is 2.83. The van der Waals surface area contributed by atoms with E-state index in [2.05, 4.69) is 10.2 Å². The van der Waals surface area contributed by atoms with E-state index < -0.39 is 0 Å². The topological polar surface area (TPSA) is 56.0 Å². The molecule has 0 amide bonds. The molecule has 0 aliphatic rings. The zero-order chi connectivity index (χ0) is 15.4. The summed E-state index contributed by atoms with van der Waals surface area (Å²) in [5.74, 6) is 0.505. The fourth-order valence-electron chi connectivity index (χ4n) is 1.95. The molecule has 0 aliphatic carbocycles. The molecule has 0 aliphatic heterocycles. The third kappa shape index (κ3) is 3.62. The fourth-order valence-corrected chi connectivity index (χ4v) is 2.58. The maximum Gasteiger partial charge on any atom is 0.284 e. The summed E-state index contributed by atoms with van der Waals surface area (Å²) < 4.78 is 5.52. The highest BCUT2D eigenvalue weighted by atomic mass is 32.2. The summed E-state index contributed by atoms with van der Waals surface area (Å²) in [6, 6.07) is 17.3. The Morgan fingerprint density at radius 2 is 1.77 bits per heavy atom. The lowest BCUT2D eigenvalue weighted by molar-refractivity contribution is 0.108. The standard InChI is InChI=1S/C17H14N2O2S/c1-12-7-9-14(10-8-12)16(20)22-17-19-18-15(21-17)11-13-5-3-2-4-6-13/h2-10H,11H2,1H3. The summed E-state index contributed by atoms with van der Waals surface area (Å²) in [4.78, 5) is 12.1. The monoisotopic (exact) mass is 310 g/mol. The van der Waals surface area contributed by atoms with Crippen LogP contribution in [0.1, 0.15) is 27.4 Å². The molecule has 1 heterocycles. The van der Waals surface area contributed by atoms with E-state index in [0.717, 1.165) is 22.9 Å². The van der Waals surface area contributed by atoms with E-state index in [9.17, 15) is 4.79 Å². The molecule has 0 fully saturated rings. The average molecular weight is 310 g/mol. The van der Waals surface area contributed by atoms with Gasteiger partial charge < -0.3 is 4.42 Å². The lowest BCUT2D eigenvalue weighted by atomic mass is 10.2. The van der Waals surface area contributed by atoms with Gasteiger partial charge in [0.15, 0.2) is 0 Å². The number of nitrogens with zero attached hydrogens (tertiary/aromatic N) is 2. The molecular formula is C17H14N2O2S. The lowest BCUT2D eigenvalue weighted by Crippen LogP contribution is -1.92. The van der Waals surface area contributed by atoms with E-state index in [-0.39, 0.29) is 10.3 Å². The number of aromatic nitrogens is 2. The molecule has 0 unspecified atom stereocenters. The maximum atomic E-state index is 12.1. The van der Waals surface area contributed by atoms with Gasteiger partial charge in [-0.15, -0.1) is 10.2 Å². The molecule has 110 valence electrons. The molecule has 1 aromatic heterocycles. The van der Waals surface area contributed by atoms with Crippen molar-refractivity contribution in [1.29, 1.82) is 0 Å². The Kier molecular flexibility index (Phi) is 4.34. The second kappa shape index (κ2) is 6.58. The van der Waals surface area contributed by atoms with Crippen molar-refractivity contribution in [1.82, 2.24) is 10.2 Å². The minimum Gasteiger partial charge on any atom is -0.415 e. The number of rotatable bonds is 4. The van der Waals surface area contributed by atoms with Gasteiger partial charge in [0.25, 0.3) is 5.22 Å². The van der Waals surface area contributed by atoms with Gasteiger partial charge in [0.05, 0.1) is 6.42 Å². The van der Waals surface area contributed by atoms with E-state index in [1.54, 1.807) is 12.1 Å². The summed E-state index contributed by atoms with van der Waals surface area (Å²) in [5, 5.41) is 8.08. The van der Waals surface area contributed by atoms with Crippen LogP contribution < -0.4 is 0 Å². The number of hydrogen-bond donors (Lipinski definition) is 0. The van der Waals surface area contributed by atoms with E-state index >= 15 is 0 Å². The first-order chi connectivity index (χ1) is 10.7. The SMILES string of the molecule is Cc1ccc(C(=O)Sc2nnc(Cc3ccccc3)o2)cc1.